The predicted molar refractivity (Wildman–Crippen MR) is 91.1 cm³/mol. The summed E-state index contributed by atoms with van der Waals surface area (Å²) >= 11 is 1.29. The van der Waals surface area contributed by atoms with E-state index in [0.29, 0.717) is 24.6 Å². The number of carbonyl (C=O) groups is 1. The van der Waals surface area contributed by atoms with Crippen LogP contribution in [0.3, 0.4) is 0 Å². The van der Waals surface area contributed by atoms with E-state index in [1.165, 1.54) is 11.3 Å². The number of hydrogen-bond donors (Lipinski definition) is 1. The fourth-order valence-corrected chi connectivity index (χ4v) is 4.35. The van der Waals surface area contributed by atoms with Crippen molar-refractivity contribution in [2.75, 3.05) is 19.8 Å². The zero-order valence-electron chi connectivity index (χ0n) is 13.2. The van der Waals surface area contributed by atoms with Crippen molar-refractivity contribution in [1.29, 1.82) is 0 Å². The number of rotatable bonds is 4. The number of aromatic carboxylic acids is 1. The highest BCUT2D eigenvalue weighted by Crippen LogP contribution is 2.43. The molecule has 0 aliphatic carbocycles. The third-order valence-corrected chi connectivity index (χ3v) is 5.58. The first-order valence-corrected chi connectivity index (χ1v) is 9.04. The molecule has 1 fully saturated rings. The lowest BCUT2D eigenvalue weighted by atomic mass is 10.0. The highest BCUT2D eigenvalue weighted by atomic mass is 32.1. The van der Waals surface area contributed by atoms with Gasteiger partial charge < -0.3 is 14.6 Å². The SMILES string of the molecule is O=C(O)c1sccc1CN1CCCC1c1cccc2c1OCCO2. The minimum atomic E-state index is -0.843. The standard InChI is InChI=1S/C18H19NO4S/c20-18(21)17-12(6-10-24-17)11-19-7-2-4-14(19)13-3-1-5-15-16(13)23-9-8-22-15/h1,3,5-6,10,14H,2,4,7-9,11H2,(H,20,21). The quantitative estimate of drug-likeness (QED) is 0.918. The normalized spacial score (nSPS) is 20.2. The van der Waals surface area contributed by atoms with Crippen LogP contribution in [0.15, 0.2) is 29.6 Å². The number of hydrogen-bond acceptors (Lipinski definition) is 5. The molecule has 1 aromatic heterocycles. The van der Waals surface area contributed by atoms with Gasteiger partial charge in [0.2, 0.25) is 0 Å². The van der Waals surface area contributed by atoms with Gasteiger partial charge >= 0.3 is 5.97 Å². The molecule has 4 rings (SSSR count). The molecule has 0 radical (unpaired) electrons. The van der Waals surface area contributed by atoms with Gasteiger partial charge in [0, 0.05) is 18.2 Å². The molecule has 1 atom stereocenters. The van der Waals surface area contributed by atoms with Gasteiger partial charge in [-0.3, -0.25) is 4.90 Å². The Bertz CT molecular complexity index is 757. The van der Waals surface area contributed by atoms with E-state index in [1.54, 1.807) is 0 Å². The van der Waals surface area contributed by atoms with E-state index in [0.717, 1.165) is 42.0 Å². The number of carboxylic acids is 1. The van der Waals surface area contributed by atoms with Gasteiger partial charge in [-0.25, -0.2) is 4.79 Å². The third kappa shape index (κ3) is 2.76. The molecule has 0 spiro atoms. The zero-order valence-corrected chi connectivity index (χ0v) is 14.1. The van der Waals surface area contributed by atoms with Crippen LogP contribution in [0.5, 0.6) is 11.5 Å². The molecule has 126 valence electrons. The summed E-state index contributed by atoms with van der Waals surface area (Å²) in [5.74, 6) is 0.821. The summed E-state index contributed by atoms with van der Waals surface area (Å²) in [5, 5.41) is 11.2. The Morgan fingerprint density at radius 1 is 1.29 bits per heavy atom. The first kappa shape index (κ1) is 15.5. The van der Waals surface area contributed by atoms with Crippen LogP contribution < -0.4 is 9.47 Å². The Kier molecular flexibility index (Phi) is 4.16. The molecule has 2 aliphatic rings. The molecule has 0 bridgehead atoms. The first-order chi connectivity index (χ1) is 11.7. The third-order valence-electron chi connectivity index (χ3n) is 4.63. The minimum Gasteiger partial charge on any atom is -0.486 e. The zero-order chi connectivity index (χ0) is 16.5. The van der Waals surface area contributed by atoms with Gasteiger partial charge in [0.1, 0.15) is 18.1 Å². The van der Waals surface area contributed by atoms with Crippen LogP contribution in [0.1, 0.15) is 39.7 Å². The molecular weight excluding hydrogens is 326 g/mol. The molecule has 0 saturated carbocycles. The molecule has 1 saturated heterocycles. The van der Waals surface area contributed by atoms with E-state index in [2.05, 4.69) is 11.0 Å². The van der Waals surface area contributed by atoms with Gasteiger partial charge in [0.25, 0.3) is 0 Å². The Labute approximate surface area is 144 Å². The average molecular weight is 345 g/mol. The maximum Gasteiger partial charge on any atom is 0.346 e. The largest absolute Gasteiger partial charge is 0.486 e. The topological polar surface area (TPSA) is 59.0 Å². The fraction of sp³-hybridized carbons (Fsp3) is 0.389. The second-order valence-corrected chi connectivity index (χ2v) is 7.00. The molecular formula is C18H19NO4S. The second-order valence-electron chi connectivity index (χ2n) is 6.08. The molecule has 24 heavy (non-hydrogen) atoms. The van der Waals surface area contributed by atoms with Crippen molar-refractivity contribution >= 4 is 17.3 Å². The highest BCUT2D eigenvalue weighted by Gasteiger charge is 2.31. The number of benzene rings is 1. The molecule has 3 heterocycles. The number of carboxylic acid groups (broad SMARTS) is 1. The summed E-state index contributed by atoms with van der Waals surface area (Å²) in [5.41, 5.74) is 2.04. The highest BCUT2D eigenvalue weighted by molar-refractivity contribution is 7.12. The van der Waals surface area contributed by atoms with Crippen molar-refractivity contribution in [3.8, 4) is 11.5 Å². The number of ether oxygens (including phenoxy) is 2. The van der Waals surface area contributed by atoms with E-state index in [9.17, 15) is 9.90 Å². The van der Waals surface area contributed by atoms with Gasteiger partial charge in [-0.05, 0) is 42.5 Å². The van der Waals surface area contributed by atoms with Crippen molar-refractivity contribution in [1.82, 2.24) is 4.90 Å². The van der Waals surface area contributed by atoms with Crippen molar-refractivity contribution in [2.24, 2.45) is 0 Å². The Morgan fingerprint density at radius 3 is 3.04 bits per heavy atom. The van der Waals surface area contributed by atoms with Gasteiger partial charge in [0.05, 0.1) is 0 Å². The smallest absolute Gasteiger partial charge is 0.346 e. The average Bonchev–Trinajstić information content (AvgIpc) is 3.24. The summed E-state index contributed by atoms with van der Waals surface area (Å²) < 4.78 is 11.6. The second kappa shape index (κ2) is 6.45. The lowest BCUT2D eigenvalue weighted by Crippen LogP contribution is -2.25. The predicted octanol–water partition coefficient (Wildman–Crippen LogP) is 3.55. The summed E-state index contributed by atoms with van der Waals surface area (Å²) in [6.07, 6.45) is 2.15. The first-order valence-electron chi connectivity index (χ1n) is 8.16. The molecule has 2 aliphatic heterocycles. The van der Waals surface area contributed by atoms with Crippen LogP contribution in [0.25, 0.3) is 0 Å². The van der Waals surface area contributed by atoms with Gasteiger partial charge in [-0.15, -0.1) is 11.3 Å². The molecule has 2 aromatic rings. The van der Waals surface area contributed by atoms with E-state index in [4.69, 9.17) is 9.47 Å². The Morgan fingerprint density at radius 2 is 2.17 bits per heavy atom. The minimum absolute atomic E-state index is 0.239. The number of nitrogens with zero attached hydrogens (tertiary/aromatic N) is 1. The number of likely N-dealkylation sites (tertiary alicyclic amines) is 1. The monoisotopic (exact) mass is 345 g/mol. The van der Waals surface area contributed by atoms with Gasteiger partial charge in [0.15, 0.2) is 11.5 Å². The van der Waals surface area contributed by atoms with Crippen LogP contribution in [0.4, 0.5) is 0 Å². The van der Waals surface area contributed by atoms with E-state index < -0.39 is 5.97 Å². The maximum atomic E-state index is 11.4. The van der Waals surface area contributed by atoms with Crippen molar-refractivity contribution in [3.05, 3.63) is 45.6 Å². The number of fused-ring (bicyclic) bond motifs is 1. The van der Waals surface area contributed by atoms with E-state index in [1.807, 2.05) is 23.6 Å². The molecule has 0 amide bonds. The van der Waals surface area contributed by atoms with E-state index >= 15 is 0 Å². The molecule has 5 nitrogen and oxygen atoms in total. The molecule has 6 heteroatoms. The molecule has 1 unspecified atom stereocenters. The van der Waals surface area contributed by atoms with Crippen LogP contribution in [0.2, 0.25) is 0 Å². The molecule has 1 N–H and O–H groups in total. The lowest BCUT2D eigenvalue weighted by molar-refractivity contribution is 0.0699. The van der Waals surface area contributed by atoms with E-state index in [-0.39, 0.29) is 6.04 Å². The van der Waals surface area contributed by atoms with Gasteiger partial charge in [-0.2, -0.15) is 0 Å². The summed E-state index contributed by atoms with van der Waals surface area (Å²) in [6, 6.07) is 8.21. The van der Waals surface area contributed by atoms with Crippen molar-refractivity contribution < 1.29 is 19.4 Å². The van der Waals surface area contributed by atoms with Crippen molar-refractivity contribution in [3.63, 3.8) is 0 Å². The Balaban J connectivity index is 1.62. The van der Waals surface area contributed by atoms with Gasteiger partial charge in [-0.1, -0.05) is 12.1 Å². The van der Waals surface area contributed by atoms with Crippen molar-refractivity contribution in [2.45, 2.75) is 25.4 Å². The maximum absolute atomic E-state index is 11.4. The van der Waals surface area contributed by atoms with Crippen LogP contribution in [0, 0.1) is 0 Å². The van der Waals surface area contributed by atoms with Crippen LogP contribution in [-0.4, -0.2) is 35.7 Å². The summed E-state index contributed by atoms with van der Waals surface area (Å²) in [6.45, 7) is 2.77. The Hall–Kier alpha value is -2.05. The number of thiophene rings is 1. The van der Waals surface area contributed by atoms with Crippen LogP contribution in [-0.2, 0) is 6.54 Å². The summed E-state index contributed by atoms with van der Waals surface area (Å²) in [4.78, 5) is 14.1. The molecule has 1 aromatic carbocycles. The lowest BCUT2D eigenvalue weighted by Gasteiger charge is -2.28. The number of para-hydroxylation sites is 1. The summed E-state index contributed by atoms with van der Waals surface area (Å²) in [7, 11) is 0. The van der Waals surface area contributed by atoms with Crippen LogP contribution >= 0.6 is 11.3 Å². The fourth-order valence-electron chi connectivity index (χ4n) is 3.59.